The minimum absolute atomic E-state index is 0.311. The first-order valence-corrected chi connectivity index (χ1v) is 8.60. The number of halogens is 2. The number of rotatable bonds is 5. The molecule has 0 radical (unpaired) electrons. The Balaban J connectivity index is 2.23. The molecular formula is C14H16Br2N2S. The van der Waals surface area contributed by atoms with Crippen LogP contribution in [0.3, 0.4) is 0 Å². The fraction of sp³-hybridized carbons (Fsp3) is 0.357. The average Bonchev–Trinajstić information content (AvgIpc) is 2.72. The second-order valence-electron chi connectivity index (χ2n) is 4.35. The number of likely N-dealkylation sites (N-methyl/N-ethyl adjacent to an activating group) is 1. The van der Waals surface area contributed by atoms with Crippen molar-refractivity contribution in [2.45, 2.75) is 26.3 Å². The molecule has 2 aromatic rings. The van der Waals surface area contributed by atoms with E-state index >= 15 is 0 Å². The van der Waals surface area contributed by atoms with Crippen molar-refractivity contribution in [1.82, 2.24) is 10.3 Å². The molecule has 2 rings (SSSR count). The van der Waals surface area contributed by atoms with Crippen LogP contribution in [0.4, 0.5) is 0 Å². The Morgan fingerprint density at radius 2 is 2.21 bits per heavy atom. The second kappa shape index (κ2) is 6.97. The molecule has 1 N–H and O–H groups in total. The predicted molar refractivity (Wildman–Crippen MR) is 88.8 cm³/mol. The molecule has 5 heteroatoms. The number of aryl methyl sites for hydroxylation is 1. The molecule has 2 aromatic heterocycles. The molecular weight excluding hydrogens is 388 g/mol. The van der Waals surface area contributed by atoms with E-state index in [0.717, 1.165) is 26.9 Å². The predicted octanol–water partition coefficient (Wildman–Crippen LogP) is 4.87. The van der Waals surface area contributed by atoms with Gasteiger partial charge in [-0.25, -0.2) is 0 Å². The monoisotopic (exact) mass is 402 g/mol. The van der Waals surface area contributed by atoms with Crippen LogP contribution in [0, 0.1) is 6.92 Å². The molecule has 2 heterocycles. The smallest absolute Gasteiger partial charge is 0.0843 e. The zero-order chi connectivity index (χ0) is 13.8. The Morgan fingerprint density at radius 1 is 1.42 bits per heavy atom. The van der Waals surface area contributed by atoms with Gasteiger partial charge in [-0.15, -0.1) is 11.3 Å². The van der Waals surface area contributed by atoms with Crippen molar-refractivity contribution in [2.75, 3.05) is 6.54 Å². The standard InChI is InChI=1S/C14H16Br2N2S/c1-3-17-12(13-7-10(15)14(16)19-13)8-11-9(2)5-4-6-18-11/h4-7,12,17H,3,8H2,1-2H3. The summed E-state index contributed by atoms with van der Waals surface area (Å²) in [5.41, 5.74) is 2.41. The number of pyridine rings is 1. The summed E-state index contributed by atoms with van der Waals surface area (Å²) in [7, 11) is 0. The molecule has 19 heavy (non-hydrogen) atoms. The Morgan fingerprint density at radius 3 is 2.79 bits per heavy atom. The van der Waals surface area contributed by atoms with Gasteiger partial charge in [0, 0.05) is 33.7 Å². The largest absolute Gasteiger partial charge is 0.309 e. The molecule has 0 aliphatic heterocycles. The molecule has 2 nitrogen and oxygen atoms in total. The lowest BCUT2D eigenvalue weighted by Gasteiger charge is -2.17. The van der Waals surface area contributed by atoms with Crippen LogP contribution in [-0.4, -0.2) is 11.5 Å². The maximum Gasteiger partial charge on any atom is 0.0843 e. The van der Waals surface area contributed by atoms with Crippen LogP contribution in [-0.2, 0) is 6.42 Å². The first-order chi connectivity index (χ1) is 9.11. The molecule has 0 spiro atoms. The van der Waals surface area contributed by atoms with Crippen LogP contribution in [0.1, 0.15) is 29.1 Å². The van der Waals surface area contributed by atoms with E-state index in [4.69, 9.17) is 0 Å². The summed E-state index contributed by atoms with van der Waals surface area (Å²) in [6.07, 6.45) is 2.78. The summed E-state index contributed by atoms with van der Waals surface area (Å²) in [6, 6.07) is 6.59. The molecule has 1 unspecified atom stereocenters. The highest BCUT2D eigenvalue weighted by Crippen LogP contribution is 2.36. The number of nitrogens with one attached hydrogen (secondary N) is 1. The Bertz CT molecular complexity index is 535. The van der Waals surface area contributed by atoms with E-state index in [9.17, 15) is 0 Å². The lowest BCUT2D eigenvalue weighted by atomic mass is 10.1. The van der Waals surface area contributed by atoms with Crippen LogP contribution >= 0.6 is 43.2 Å². The third-order valence-corrected chi connectivity index (χ3v) is 6.34. The molecule has 1 atom stereocenters. The minimum Gasteiger partial charge on any atom is -0.309 e. The van der Waals surface area contributed by atoms with Crippen LogP contribution in [0.15, 0.2) is 32.7 Å². The topological polar surface area (TPSA) is 24.9 Å². The number of thiophene rings is 1. The second-order valence-corrected chi connectivity index (χ2v) is 7.61. The van der Waals surface area contributed by atoms with Gasteiger partial charge in [-0.2, -0.15) is 0 Å². The van der Waals surface area contributed by atoms with Gasteiger partial charge in [0.25, 0.3) is 0 Å². The zero-order valence-corrected chi connectivity index (χ0v) is 14.9. The van der Waals surface area contributed by atoms with Crippen molar-refractivity contribution in [3.05, 3.63) is 48.8 Å². The highest BCUT2D eigenvalue weighted by molar-refractivity contribution is 9.13. The van der Waals surface area contributed by atoms with Crippen LogP contribution in [0.25, 0.3) is 0 Å². The Hall–Kier alpha value is -0.230. The fourth-order valence-electron chi connectivity index (χ4n) is 1.98. The van der Waals surface area contributed by atoms with Gasteiger partial charge in [-0.05, 0) is 63.0 Å². The minimum atomic E-state index is 0.311. The van der Waals surface area contributed by atoms with Gasteiger partial charge in [0.05, 0.1) is 3.79 Å². The van der Waals surface area contributed by atoms with E-state index in [-0.39, 0.29) is 0 Å². The van der Waals surface area contributed by atoms with E-state index in [1.54, 1.807) is 11.3 Å². The molecule has 0 aromatic carbocycles. The van der Waals surface area contributed by atoms with Crippen molar-refractivity contribution in [3.8, 4) is 0 Å². The molecule has 0 fully saturated rings. The summed E-state index contributed by atoms with van der Waals surface area (Å²) in [4.78, 5) is 5.82. The molecule has 0 aliphatic rings. The lowest BCUT2D eigenvalue weighted by Crippen LogP contribution is -2.22. The fourth-order valence-corrected chi connectivity index (χ4v) is 4.15. The van der Waals surface area contributed by atoms with E-state index in [2.05, 4.69) is 68.1 Å². The van der Waals surface area contributed by atoms with Crippen LogP contribution in [0.5, 0.6) is 0 Å². The Labute approximate surface area is 134 Å². The lowest BCUT2D eigenvalue weighted by molar-refractivity contribution is 0.551. The van der Waals surface area contributed by atoms with E-state index in [0.29, 0.717) is 6.04 Å². The highest BCUT2D eigenvalue weighted by Gasteiger charge is 2.17. The van der Waals surface area contributed by atoms with Crippen molar-refractivity contribution in [3.63, 3.8) is 0 Å². The van der Waals surface area contributed by atoms with Gasteiger partial charge >= 0.3 is 0 Å². The maximum absolute atomic E-state index is 4.50. The van der Waals surface area contributed by atoms with Crippen molar-refractivity contribution in [2.24, 2.45) is 0 Å². The van der Waals surface area contributed by atoms with Gasteiger partial charge in [-0.1, -0.05) is 13.0 Å². The molecule has 102 valence electrons. The van der Waals surface area contributed by atoms with Crippen molar-refractivity contribution >= 4 is 43.2 Å². The van der Waals surface area contributed by atoms with Crippen LogP contribution < -0.4 is 5.32 Å². The maximum atomic E-state index is 4.50. The summed E-state index contributed by atoms with van der Waals surface area (Å²) in [5.74, 6) is 0. The van der Waals surface area contributed by atoms with Crippen molar-refractivity contribution in [1.29, 1.82) is 0 Å². The molecule has 0 bridgehead atoms. The first kappa shape index (κ1) is 15.2. The highest BCUT2D eigenvalue weighted by atomic mass is 79.9. The van der Waals surface area contributed by atoms with E-state index in [1.807, 2.05) is 12.3 Å². The Kier molecular flexibility index (Phi) is 5.57. The van der Waals surface area contributed by atoms with Crippen molar-refractivity contribution < 1.29 is 0 Å². The molecule has 0 saturated carbocycles. The van der Waals surface area contributed by atoms with Gasteiger partial charge < -0.3 is 5.32 Å². The number of aromatic nitrogens is 1. The third kappa shape index (κ3) is 3.88. The van der Waals surface area contributed by atoms with E-state index < -0.39 is 0 Å². The van der Waals surface area contributed by atoms with Gasteiger partial charge in [0.15, 0.2) is 0 Å². The summed E-state index contributed by atoms with van der Waals surface area (Å²) in [6.45, 7) is 5.20. The quantitative estimate of drug-likeness (QED) is 0.770. The average molecular weight is 404 g/mol. The van der Waals surface area contributed by atoms with E-state index in [1.165, 1.54) is 10.4 Å². The number of hydrogen-bond donors (Lipinski definition) is 1. The zero-order valence-electron chi connectivity index (χ0n) is 10.9. The van der Waals surface area contributed by atoms with Gasteiger partial charge in [-0.3, -0.25) is 4.98 Å². The van der Waals surface area contributed by atoms with Crippen LogP contribution in [0.2, 0.25) is 0 Å². The van der Waals surface area contributed by atoms with Gasteiger partial charge in [0.2, 0.25) is 0 Å². The SMILES string of the molecule is CCNC(Cc1ncccc1C)c1cc(Br)c(Br)s1. The summed E-state index contributed by atoms with van der Waals surface area (Å²) >= 11 is 8.89. The third-order valence-electron chi connectivity index (χ3n) is 2.97. The molecule has 0 saturated heterocycles. The number of nitrogens with zero attached hydrogens (tertiary/aromatic N) is 1. The van der Waals surface area contributed by atoms with Gasteiger partial charge in [0.1, 0.15) is 0 Å². The summed E-state index contributed by atoms with van der Waals surface area (Å²) in [5, 5.41) is 3.54. The first-order valence-electron chi connectivity index (χ1n) is 6.20. The molecule has 0 aliphatic carbocycles. The normalized spacial score (nSPS) is 12.6. The summed E-state index contributed by atoms with van der Waals surface area (Å²) < 4.78 is 2.26. The molecule has 0 amide bonds. The number of hydrogen-bond acceptors (Lipinski definition) is 3.